The largest absolute Gasteiger partial charge is 1.00 e. The Morgan fingerprint density at radius 2 is 1.75 bits per heavy atom. The predicted octanol–water partition coefficient (Wildman–Crippen LogP) is -1.44. The first kappa shape index (κ1) is 18.0. The van der Waals surface area contributed by atoms with Gasteiger partial charge in [0.2, 0.25) is 5.91 Å². The Morgan fingerprint density at radius 3 is 2.06 bits per heavy atom. The molecule has 1 unspecified atom stereocenters. The number of carbonyl (C=O) groups excluding carboxylic acids is 1. The first-order valence-electron chi connectivity index (χ1n) is 5.82. The van der Waals surface area contributed by atoms with Gasteiger partial charge in [0, 0.05) is 0 Å². The van der Waals surface area contributed by atoms with Gasteiger partial charge in [-0.25, -0.2) is 0 Å². The van der Waals surface area contributed by atoms with Gasteiger partial charge in [-0.05, 0) is 33.8 Å². The second-order valence-electron chi connectivity index (χ2n) is 3.97. The molecule has 1 amide bonds. The molecule has 0 saturated heterocycles. The molecule has 0 aliphatic carbocycles. The van der Waals surface area contributed by atoms with Crippen LogP contribution in [0.5, 0.6) is 0 Å². The molecule has 0 aliphatic heterocycles. The molecule has 0 spiro atoms. The molecule has 0 aliphatic rings. The topological polar surface area (TPSA) is 29.1 Å². The lowest BCUT2D eigenvalue weighted by molar-refractivity contribution is -0.943. The Morgan fingerprint density at radius 1 is 1.31 bits per heavy atom. The molecule has 0 aromatic carbocycles. The van der Waals surface area contributed by atoms with E-state index in [1.54, 1.807) is 0 Å². The van der Waals surface area contributed by atoms with Gasteiger partial charge >= 0.3 is 0 Å². The average Bonchev–Trinajstić information content (AvgIpc) is 2.28. The summed E-state index contributed by atoms with van der Waals surface area (Å²) in [6.07, 6.45) is 1.32. The van der Waals surface area contributed by atoms with Crippen molar-refractivity contribution in [2.24, 2.45) is 0 Å². The van der Waals surface area contributed by atoms with Gasteiger partial charge in [0.05, 0.1) is 26.2 Å². The maximum absolute atomic E-state index is 11.1. The van der Waals surface area contributed by atoms with Crippen LogP contribution in [-0.2, 0) is 4.79 Å². The molecule has 0 radical (unpaired) electrons. The quantitative estimate of drug-likeness (QED) is 0.452. The van der Waals surface area contributed by atoms with E-state index in [-0.39, 0.29) is 22.9 Å². The zero-order valence-electron chi connectivity index (χ0n) is 10.9. The van der Waals surface area contributed by atoms with E-state index in [9.17, 15) is 4.79 Å². The summed E-state index contributed by atoms with van der Waals surface area (Å²) in [6, 6.07) is 0.453. The minimum atomic E-state index is -0.0803. The molecule has 4 heteroatoms. The number of carbonyl (C=O) groups is 1. The first-order valence-corrected chi connectivity index (χ1v) is 5.82. The van der Waals surface area contributed by atoms with E-state index in [4.69, 9.17) is 0 Å². The number of amides is 1. The van der Waals surface area contributed by atoms with Crippen molar-refractivity contribution in [2.75, 3.05) is 26.2 Å². The van der Waals surface area contributed by atoms with Crippen LogP contribution < -0.4 is 22.3 Å². The van der Waals surface area contributed by atoms with Crippen LogP contribution >= 0.6 is 0 Å². The lowest BCUT2D eigenvalue weighted by atomic mass is 10.2. The summed E-state index contributed by atoms with van der Waals surface area (Å²) in [5, 5.41) is 2.87. The van der Waals surface area contributed by atoms with Crippen molar-refractivity contribution < 1.29 is 26.3 Å². The predicted molar refractivity (Wildman–Crippen MR) is 64.6 cm³/mol. The number of quaternary nitrogens is 1. The molecule has 0 bridgehead atoms. The van der Waals surface area contributed by atoms with Gasteiger partial charge < -0.3 is 26.8 Å². The van der Waals surface area contributed by atoms with Gasteiger partial charge in [-0.15, -0.1) is 0 Å². The maximum Gasteiger partial charge on any atom is 0.243 e. The molecule has 0 aromatic rings. The monoisotopic (exact) mass is 292 g/mol. The van der Waals surface area contributed by atoms with Crippen LogP contribution in [-0.4, -0.2) is 42.6 Å². The summed E-state index contributed by atoms with van der Waals surface area (Å²) in [7, 11) is 0. The van der Waals surface area contributed by atoms with E-state index in [0.29, 0.717) is 6.04 Å². The Hall–Kier alpha value is -0.350. The van der Waals surface area contributed by atoms with Crippen LogP contribution in [0.4, 0.5) is 0 Å². The molecule has 96 valence electrons. The van der Waals surface area contributed by atoms with Gasteiger partial charge in [0.25, 0.3) is 0 Å². The summed E-state index contributed by atoms with van der Waals surface area (Å²) >= 11 is 0. The summed E-state index contributed by atoms with van der Waals surface area (Å²) < 4.78 is 1.05. The highest BCUT2D eigenvalue weighted by Crippen LogP contribution is 2.12. The number of hydrogen-bond donors (Lipinski definition) is 1. The van der Waals surface area contributed by atoms with Gasteiger partial charge in [-0.3, -0.25) is 4.79 Å². The lowest BCUT2D eigenvalue weighted by Gasteiger charge is -2.41. The maximum atomic E-state index is 11.1. The second kappa shape index (κ2) is 8.76. The average molecular weight is 293 g/mol. The van der Waals surface area contributed by atoms with Crippen molar-refractivity contribution in [3.05, 3.63) is 12.7 Å². The van der Waals surface area contributed by atoms with Crippen molar-refractivity contribution in [1.82, 2.24) is 5.32 Å². The van der Waals surface area contributed by atoms with Gasteiger partial charge in [-0.2, -0.15) is 0 Å². The van der Waals surface area contributed by atoms with Crippen molar-refractivity contribution in [3.63, 3.8) is 0 Å². The fourth-order valence-electron chi connectivity index (χ4n) is 2.12. The van der Waals surface area contributed by atoms with E-state index in [0.717, 1.165) is 30.7 Å². The number of nitrogens with one attached hydrogen (secondary N) is 1. The number of hydrogen-bond acceptors (Lipinski definition) is 1. The molecule has 0 rings (SSSR count). The van der Waals surface area contributed by atoms with E-state index in [1.165, 1.54) is 6.08 Å². The third-order valence-corrected chi connectivity index (χ3v) is 3.58. The summed E-state index contributed by atoms with van der Waals surface area (Å²) in [5.74, 6) is -0.0803. The molecule has 1 atom stereocenters. The van der Waals surface area contributed by atoms with Crippen molar-refractivity contribution in [2.45, 2.75) is 33.7 Å². The summed E-state index contributed by atoms with van der Waals surface area (Å²) in [6.45, 7) is 16.3. The van der Waals surface area contributed by atoms with Crippen molar-refractivity contribution in [1.29, 1.82) is 0 Å². The molecule has 3 nitrogen and oxygen atoms in total. The number of rotatable bonds is 7. The number of likely N-dealkylation sites (N-methyl/N-ethyl adjacent to an activating group) is 1. The van der Waals surface area contributed by atoms with Crippen LogP contribution in [0.25, 0.3) is 0 Å². The molecule has 0 fully saturated rings. The molecular formula is C12H25BrN2O. The van der Waals surface area contributed by atoms with Crippen LogP contribution in [0.15, 0.2) is 12.7 Å². The van der Waals surface area contributed by atoms with Crippen LogP contribution in [0.2, 0.25) is 0 Å². The molecule has 0 heterocycles. The molecule has 0 aromatic heterocycles. The fraction of sp³-hybridized carbons (Fsp3) is 0.750. The molecule has 16 heavy (non-hydrogen) atoms. The Kier molecular flexibility index (Phi) is 9.87. The molecular weight excluding hydrogens is 268 g/mol. The van der Waals surface area contributed by atoms with Crippen LogP contribution in [0.3, 0.4) is 0 Å². The number of nitrogens with zero attached hydrogens (tertiary/aromatic N) is 1. The Labute approximate surface area is 110 Å². The van der Waals surface area contributed by atoms with Crippen molar-refractivity contribution >= 4 is 5.91 Å². The molecule has 1 N–H and O–H groups in total. The zero-order valence-corrected chi connectivity index (χ0v) is 12.5. The highest BCUT2D eigenvalue weighted by molar-refractivity contribution is 5.86. The Bertz CT molecular complexity index is 207. The van der Waals surface area contributed by atoms with E-state index in [1.807, 2.05) is 0 Å². The highest BCUT2D eigenvalue weighted by atomic mass is 79.9. The zero-order chi connectivity index (χ0) is 11.9. The van der Waals surface area contributed by atoms with Crippen LogP contribution in [0, 0.1) is 0 Å². The van der Waals surface area contributed by atoms with Crippen LogP contribution in [0.1, 0.15) is 27.7 Å². The second-order valence-corrected chi connectivity index (χ2v) is 3.97. The van der Waals surface area contributed by atoms with E-state index in [2.05, 4.69) is 39.6 Å². The third kappa shape index (κ3) is 4.66. The normalized spacial score (nSPS) is 12.5. The van der Waals surface area contributed by atoms with Gasteiger partial charge in [0.1, 0.15) is 6.04 Å². The first-order chi connectivity index (χ1) is 7.06. The SMILES string of the molecule is C=CC(=O)NCC(C)[N+](CC)(CC)CC.[Br-]. The van der Waals surface area contributed by atoms with Crippen molar-refractivity contribution in [3.8, 4) is 0 Å². The summed E-state index contributed by atoms with van der Waals surface area (Å²) in [5.41, 5.74) is 0. The summed E-state index contributed by atoms with van der Waals surface area (Å²) in [4.78, 5) is 11.1. The molecule has 0 saturated carbocycles. The van der Waals surface area contributed by atoms with E-state index < -0.39 is 0 Å². The number of halogens is 1. The minimum absolute atomic E-state index is 0. The van der Waals surface area contributed by atoms with Gasteiger partial charge in [-0.1, -0.05) is 6.58 Å². The third-order valence-electron chi connectivity index (χ3n) is 3.58. The smallest absolute Gasteiger partial charge is 0.243 e. The highest BCUT2D eigenvalue weighted by Gasteiger charge is 2.28. The fourth-order valence-corrected chi connectivity index (χ4v) is 2.12. The lowest BCUT2D eigenvalue weighted by Crippen LogP contribution is -3.00. The Balaban J connectivity index is 0. The standard InChI is InChI=1S/C12H24N2O.BrH/c1-6-12(15)13-10-11(5)14(7-2,8-3)9-4;/h6,11H,1,7-10H2,2-5H3;1H. The van der Waals surface area contributed by atoms with Gasteiger partial charge in [0.15, 0.2) is 0 Å². The van der Waals surface area contributed by atoms with E-state index >= 15 is 0 Å². The minimum Gasteiger partial charge on any atom is -1.00 e.